The molecular formula is C28H35N3O6. The highest BCUT2D eigenvalue weighted by Gasteiger charge is 2.30. The molecule has 3 amide bonds. The predicted octanol–water partition coefficient (Wildman–Crippen LogP) is 3.27. The monoisotopic (exact) mass is 509 g/mol. The van der Waals surface area contributed by atoms with Gasteiger partial charge in [-0.3, -0.25) is 14.4 Å². The number of rotatable bonds is 9. The summed E-state index contributed by atoms with van der Waals surface area (Å²) < 4.78 is 10.8. The first-order valence-corrected chi connectivity index (χ1v) is 12.4. The second-order valence-corrected chi connectivity index (χ2v) is 9.99. The maximum Gasteiger partial charge on any atom is 0.407 e. The number of nitrogens with one attached hydrogen (secondary N) is 3. The van der Waals surface area contributed by atoms with Crippen molar-refractivity contribution in [2.24, 2.45) is 0 Å². The molecule has 2 atom stereocenters. The molecule has 0 saturated heterocycles. The van der Waals surface area contributed by atoms with Crippen molar-refractivity contribution in [1.82, 2.24) is 16.0 Å². The lowest BCUT2D eigenvalue weighted by Gasteiger charge is -2.22. The van der Waals surface area contributed by atoms with Crippen molar-refractivity contribution in [2.75, 3.05) is 13.7 Å². The first kappa shape index (κ1) is 27.7. The molecule has 0 unspecified atom stereocenters. The van der Waals surface area contributed by atoms with Crippen molar-refractivity contribution in [1.29, 1.82) is 0 Å². The summed E-state index contributed by atoms with van der Waals surface area (Å²) in [6.07, 6.45) is -0.739. The average Bonchev–Trinajstić information content (AvgIpc) is 3.17. The van der Waals surface area contributed by atoms with Crippen LogP contribution in [0.15, 0.2) is 48.5 Å². The number of carbonyl (C=O) groups is 4. The van der Waals surface area contributed by atoms with E-state index in [1.807, 2.05) is 48.5 Å². The van der Waals surface area contributed by atoms with E-state index in [1.165, 1.54) is 14.0 Å². The molecule has 2 aromatic rings. The number of fused-ring (bicyclic) bond motifs is 3. The number of likely N-dealkylation sites (N-methyl/N-ethyl adjacent to an activating group) is 1. The van der Waals surface area contributed by atoms with Crippen LogP contribution in [-0.2, 0) is 23.9 Å². The molecule has 0 spiro atoms. The van der Waals surface area contributed by atoms with Crippen molar-refractivity contribution in [3.05, 3.63) is 59.7 Å². The van der Waals surface area contributed by atoms with E-state index >= 15 is 0 Å². The molecule has 9 heteroatoms. The molecule has 3 N–H and O–H groups in total. The molecule has 0 aromatic heterocycles. The Hall–Kier alpha value is -3.88. The molecule has 0 aliphatic heterocycles. The molecule has 3 rings (SSSR count). The van der Waals surface area contributed by atoms with Crippen LogP contribution >= 0.6 is 0 Å². The summed E-state index contributed by atoms with van der Waals surface area (Å²) in [5.41, 5.74) is 3.75. The van der Waals surface area contributed by atoms with E-state index in [1.54, 1.807) is 20.8 Å². The van der Waals surface area contributed by atoms with Gasteiger partial charge in [0.05, 0.1) is 0 Å². The highest BCUT2D eigenvalue weighted by molar-refractivity contribution is 5.91. The Kier molecular flexibility index (Phi) is 8.91. The largest absolute Gasteiger partial charge is 0.460 e. The zero-order chi connectivity index (χ0) is 27.2. The molecule has 0 heterocycles. The zero-order valence-corrected chi connectivity index (χ0v) is 21.9. The van der Waals surface area contributed by atoms with E-state index in [2.05, 4.69) is 16.0 Å². The molecule has 0 radical (unpaired) electrons. The predicted molar refractivity (Wildman–Crippen MR) is 139 cm³/mol. The summed E-state index contributed by atoms with van der Waals surface area (Å²) >= 11 is 0. The van der Waals surface area contributed by atoms with Gasteiger partial charge in [0, 0.05) is 19.4 Å². The third kappa shape index (κ3) is 7.31. The van der Waals surface area contributed by atoms with Gasteiger partial charge in [0.1, 0.15) is 24.3 Å². The van der Waals surface area contributed by atoms with Gasteiger partial charge in [-0.25, -0.2) is 4.79 Å². The summed E-state index contributed by atoms with van der Waals surface area (Å²) in [7, 11) is 1.44. The maximum atomic E-state index is 12.7. The molecule has 9 nitrogen and oxygen atoms in total. The lowest BCUT2D eigenvalue weighted by atomic mass is 9.98. The maximum absolute atomic E-state index is 12.7. The standard InChI is InChI=1S/C28H35N3O6/c1-17(25(33)31-23(26(34)29-5)14-15-24(32)37-28(2,3)4)30-27(35)36-16-22-20-12-8-6-10-18(20)19-11-7-9-13-21(19)22/h6-13,17,22-23H,14-16H2,1-5H3,(H,29,34)(H,30,35)(H,31,33)/t17-,23-/m0/s1. The first-order valence-electron chi connectivity index (χ1n) is 12.4. The zero-order valence-electron chi connectivity index (χ0n) is 21.9. The molecule has 0 saturated carbocycles. The number of carbonyl (C=O) groups excluding carboxylic acids is 4. The van der Waals surface area contributed by atoms with Crippen LogP contribution in [0, 0.1) is 0 Å². The highest BCUT2D eigenvalue weighted by atomic mass is 16.6. The minimum absolute atomic E-state index is 0.0518. The number of hydrogen-bond donors (Lipinski definition) is 3. The van der Waals surface area contributed by atoms with Crippen molar-refractivity contribution < 1.29 is 28.7 Å². The lowest BCUT2D eigenvalue weighted by molar-refractivity contribution is -0.155. The minimum Gasteiger partial charge on any atom is -0.460 e. The molecule has 2 aromatic carbocycles. The SMILES string of the molecule is CNC(=O)[C@H](CCC(=O)OC(C)(C)C)NC(=O)[C@H](C)NC(=O)OCC1c2ccccc2-c2ccccc21. The molecule has 37 heavy (non-hydrogen) atoms. The summed E-state index contributed by atoms with van der Waals surface area (Å²) in [4.78, 5) is 49.5. The smallest absolute Gasteiger partial charge is 0.407 e. The molecule has 198 valence electrons. The van der Waals surface area contributed by atoms with Crippen LogP contribution in [-0.4, -0.2) is 55.2 Å². The second kappa shape index (κ2) is 11.9. The van der Waals surface area contributed by atoms with Gasteiger partial charge in [-0.15, -0.1) is 0 Å². The fourth-order valence-electron chi connectivity index (χ4n) is 4.28. The Morgan fingerprint density at radius 2 is 1.46 bits per heavy atom. The van der Waals surface area contributed by atoms with Crippen molar-refractivity contribution in [3.8, 4) is 11.1 Å². The Labute approximate surface area is 217 Å². The van der Waals surface area contributed by atoms with E-state index in [-0.39, 0.29) is 25.4 Å². The van der Waals surface area contributed by atoms with E-state index in [9.17, 15) is 19.2 Å². The number of amides is 3. The van der Waals surface area contributed by atoms with Crippen molar-refractivity contribution in [3.63, 3.8) is 0 Å². The van der Waals surface area contributed by atoms with E-state index < -0.39 is 41.6 Å². The topological polar surface area (TPSA) is 123 Å². The van der Waals surface area contributed by atoms with Gasteiger partial charge >= 0.3 is 12.1 Å². The van der Waals surface area contributed by atoms with Gasteiger partial charge in [-0.2, -0.15) is 0 Å². The van der Waals surface area contributed by atoms with Crippen LogP contribution in [0.25, 0.3) is 11.1 Å². The van der Waals surface area contributed by atoms with E-state index in [0.29, 0.717) is 0 Å². The molecule has 1 aliphatic carbocycles. The van der Waals surface area contributed by atoms with Crippen LogP contribution in [0.2, 0.25) is 0 Å². The molecular weight excluding hydrogens is 474 g/mol. The summed E-state index contributed by atoms with van der Waals surface area (Å²) in [5.74, 6) is -1.61. The summed E-state index contributed by atoms with van der Waals surface area (Å²) in [6, 6.07) is 14.1. The Morgan fingerprint density at radius 3 is 2.00 bits per heavy atom. The van der Waals surface area contributed by atoms with Crippen LogP contribution in [0.5, 0.6) is 0 Å². The van der Waals surface area contributed by atoms with E-state index in [4.69, 9.17) is 9.47 Å². The van der Waals surface area contributed by atoms with Crippen molar-refractivity contribution >= 4 is 23.9 Å². The van der Waals surface area contributed by atoms with Crippen LogP contribution in [0.1, 0.15) is 57.6 Å². The van der Waals surface area contributed by atoms with Gasteiger partial charge in [0.15, 0.2) is 0 Å². The highest BCUT2D eigenvalue weighted by Crippen LogP contribution is 2.44. The average molecular weight is 510 g/mol. The molecule has 0 fully saturated rings. The third-order valence-electron chi connectivity index (χ3n) is 6.01. The van der Waals surface area contributed by atoms with Gasteiger partial charge in [-0.05, 0) is 56.4 Å². The number of hydrogen-bond acceptors (Lipinski definition) is 6. The van der Waals surface area contributed by atoms with E-state index in [0.717, 1.165) is 22.3 Å². The third-order valence-corrected chi connectivity index (χ3v) is 6.01. The summed E-state index contributed by atoms with van der Waals surface area (Å²) in [6.45, 7) is 6.86. The first-order chi connectivity index (χ1) is 17.5. The fourth-order valence-corrected chi connectivity index (χ4v) is 4.28. The quantitative estimate of drug-likeness (QED) is 0.446. The normalized spacial score (nSPS) is 14.0. The minimum atomic E-state index is -0.968. The van der Waals surface area contributed by atoms with Crippen molar-refractivity contribution in [2.45, 2.75) is 64.1 Å². The van der Waals surface area contributed by atoms with Gasteiger partial charge in [-0.1, -0.05) is 48.5 Å². The Bertz CT molecular complexity index is 1110. The van der Waals surface area contributed by atoms with Crippen LogP contribution < -0.4 is 16.0 Å². The van der Waals surface area contributed by atoms with Crippen LogP contribution in [0.3, 0.4) is 0 Å². The van der Waals surface area contributed by atoms with Gasteiger partial charge in [0.2, 0.25) is 11.8 Å². The fraction of sp³-hybridized carbons (Fsp3) is 0.429. The molecule has 1 aliphatic rings. The summed E-state index contributed by atoms with van der Waals surface area (Å²) in [5, 5.41) is 7.57. The molecule has 0 bridgehead atoms. The number of esters is 1. The van der Waals surface area contributed by atoms with Crippen LogP contribution in [0.4, 0.5) is 4.79 Å². The Balaban J connectivity index is 1.54. The number of alkyl carbamates (subject to hydrolysis) is 1. The second-order valence-electron chi connectivity index (χ2n) is 9.99. The van der Waals surface area contributed by atoms with Gasteiger partial charge < -0.3 is 25.4 Å². The lowest BCUT2D eigenvalue weighted by Crippen LogP contribution is -2.52. The number of benzene rings is 2. The Morgan fingerprint density at radius 1 is 0.892 bits per heavy atom. The van der Waals surface area contributed by atoms with Gasteiger partial charge in [0.25, 0.3) is 0 Å². The number of ether oxygens (including phenoxy) is 2.